The van der Waals surface area contributed by atoms with Crippen LogP contribution in [0.3, 0.4) is 0 Å². The van der Waals surface area contributed by atoms with E-state index in [1.807, 2.05) is 30.5 Å². The summed E-state index contributed by atoms with van der Waals surface area (Å²) in [5.41, 5.74) is 6.84. The van der Waals surface area contributed by atoms with Crippen LogP contribution in [0.1, 0.15) is 0 Å². The fourth-order valence-electron chi connectivity index (χ4n) is 4.66. The van der Waals surface area contributed by atoms with Crippen molar-refractivity contribution in [3.05, 3.63) is 96.6 Å². The molecule has 36 heavy (non-hydrogen) atoms. The maximum atomic E-state index is 5.49. The summed E-state index contributed by atoms with van der Waals surface area (Å²) in [7, 11) is 0. The zero-order valence-electron chi connectivity index (χ0n) is 20.0. The third-order valence-electron chi connectivity index (χ3n) is 6.45. The molecule has 1 saturated heterocycles. The Balaban J connectivity index is 1.51. The van der Waals surface area contributed by atoms with Gasteiger partial charge < -0.3 is 14.6 Å². The fourth-order valence-corrected chi connectivity index (χ4v) is 4.66. The van der Waals surface area contributed by atoms with E-state index in [1.54, 1.807) is 6.20 Å². The van der Waals surface area contributed by atoms with Gasteiger partial charge in [-0.15, -0.1) is 0 Å². The fraction of sp³-hybridized carbons (Fsp3) is 0.207. The Morgan fingerprint density at radius 2 is 1.75 bits per heavy atom. The second kappa shape index (κ2) is 10.3. The number of benzene rings is 3. The molecule has 0 amide bonds. The number of ether oxygens (including phenoxy) is 1. The number of para-hydroxylation sites is 3. The third-order valence-corrected chi connectivity index (χ3v) is 6.45. The van der Waals surface area contributed by atoms with Crippen LogP contribution in [0.2, 0.25) is 0 Å². The average molecular weight is 477 g/mol. The first-order chi connectivity index (χ1) is 17.8. The normalized spacial score (nSPS) is 14.9. The predicted molar refractivity (Wildman–Crippen MR) is 143 cm³/mol. The molecular formula is C29H28N6O. The quantitative estimate of drug-likeness (QED) is 0.366. The molecular weight excluding hydrogens is 448 g/mol. The highest BCUT2D eigenvalue weighted by molar-refractivity contribution is 5.84. The molecule has 1 aromatic heterocycles. The Labute approximate surface area is 210 Å². The van der Waals surface area contributed by atoms with Crippen LogP contribution in [0.5, 0.6) is 0 Å². The highest BCUT2D eigenvalue weighted by Gasteiger charge is 2.17. The molecule has 0 bridgehead atoms. The molecule has 0 unspecified atom stereocenters. The lowest BCUT2D eigenvalue weighted by atomic mass is 10.1. The zero-order chi connectivity index (χ0) is 24.2. The van der Waals surface area contributed by atoms with Crippen molar-refractivity contribution in [2.75, 3.05) is 44.7 Å². The first-order valence-corrected chi connectivity index (χ1v) is 12.3. The summed E-state index contributed by atoms with van der Waals surface area (Å²) in [4.78, 5) is 16.7. The van der Waals surface area contributed by atoms with E-state index >= 15 is 0 Å². The van der Waals surface area contributed by atoms with Gasteiger partial charge in [0.1, 0.15) is 0 Å². The lowest BCUT2D eigenvalue weighted by Gasteiger charge is -2.25. The first-order valence-electron chi connectivity index (χ1n) is 12.3. The summed E-state index contributed by atoms with van der Waals surface area (Å²) in [6.45, 7) is 5.11. The lowest BCUT2D eigenvalue weighted by molar-refractivity contribution is 0.0394. The second-order valence-corrected chi connectivity index (χ2v) is 8.83. The van der Waals surface area contributed by atoms with Crippen LogP contribution in [0.25, 0.3) is 28.1 Å². The minimum atomic E-state index is 0.708. The summed E-state index contributed by atoms with van der Waals surface area (Å²) in [6, 6.07) is 26.9. The van der Waals surface area contributed by atoms with Crippen LogP contribution in [-0.4, -0.2) is 58.8 Å². The van der Waals surface area contributed by atoms with Crippen molar-refractivity contribution in [2.24, 2.45) is 4.99 Å². The number of pyridine rings is 1. The minimum absolute atomic E-state index is 0.708. The maximum Gasteiger partial charge on any atom is 0.0900 e. The molecule has 3 heterocycles. The van der Waals surface area contributed by atoms with E-state index in [0.29, 0.717) is 6.54 Å². The van der Waals surface area contributed by atoms with E-state index in [4.69, 9.17) is 14.7 Å². The summed E-state index contributed by atoms with van der Waals surface area (Å²) >= 11 is 0. The highest BCUT2D eigenvalue weighted by atomic mass is 16.5. The van der Waals surface area contributed by atoms with Crippen molar-refractivity contribution in [1.82, 2.24) is 19.4 Å². The highest BCUT2D eigenvalue weighted by Crippen LogP contribution is 2.30. The van der Waals surface area contributed by atoms with E-state index in [0.717, 1.165) is 77.7 Å². The third kappa shape index (κ3) is 4.71. The Morgan fingerprint density at radius 1 is 0.917 bits per heavy atom. The molecule has 2 aliphatic heterocycles. The molecule has 2 aromatic carbocycles. The molecule has 3 aromatic rings. The molecule has 7 nitrogen and oxygen atoms in total. The van der Waals surface area contributed by atoms with Crippen molar-refractivity contribution in [3.63, 3.8) is 0 Å². The number of hydrogen-bond donors (Lipinski definition) is 1. The van der Waals surface area contributed by atoms with Crippen molar-refractivity contribution in [3.8, 4) is 17.1 Å². The van der Waals surface area contributed by atoms with Gasteiger partial charge in [-0.05, 0) is 48.5 Å². The Bertz CT molecular complexity index is 1490. The van der Waals surface area contributed by atoms with Crippen molar-refractivity contribution >= 4 is 22.4 Å². The van der Waals surface area contributed by atoms with E-state index in [1.165, 1.54) is 0 Å². The number of morpholine rings is 1. The van der Waals surface area contributed by atoms with Gasteiger partial charge in [-0.25, -0.2) is 4.98 Å². The second-order valence-electron chi connectivity index (χ2n) is 8.83. The Kier molecular flexibility index (Phi) is 6.39. The molecule has 1 fully saturated rings. The summed E-state index contributed by atoms with van der Waals surface area (Å²) in [5.74, 6) is 0. The van der Waals surface area contributed by atoms with Crippen molar-refractivity contribution in [1.29, 1.82) is 0 Å². The summed E-state index contributed by atoms with van der Waals surface area (Å²) < 4.78 is 7.76. The number of aromatic nitrogens is 3. The minimum Gasteiger partial charge on any atom is -0.379 e. The molecule has 0 spiro atoms. The van der Waals surface area contributed by atoms with Gasteiger partial charge in [-0.3, -0.25) is 14.9 Å². The number of rotatable bonds is 6. The SMILES string of the molecule is c1ccc(-n2c3c/c(=N\CCN4CCOCC4)c(Nc4cccnc4)cc-3nc3ccccc32)cc1. The summed E-state index contributed by atoms with van der Waals surface area (Å²) in [6.07, 6.45) is 3.59. The number of fused-ring (bicyclic) bond motifs is 2. The molecule has 6 rings (SSSR count). The van der Waals surface area contributed by atoms with Crippen molar-refractivity contribution < 1.29 is 4.74 Å². The molecule has 180 valence electrons. The van der Waals surface area contributed by atoms with Crippen molar-refractivity contribution in [2.45, 2.75) is 0 Å². The van der Waals surface area contributed by atoms with E-state index < -0.39 is 0 Å². The maximum absolute atomic E-state index is 5.49. The number of nitrogens with zero attached hydrogens (tertiary/aromatic N) is 5. The van der Waals surface area contributed by atoms with Gasteiger partial charge in [0.2, 0.25) is 0 Å². The first kappa shape index (κ1) is 22.4. The van der Waals surface area contributed by atoms with E-state index in [2.05, 4.69) is 74.4 Å². The van der Waals surface area contributed by atoms with Gasteiger partial charge >= 0.3 is 0 Å². The van der Waals surface area contributed by atoms with Crippen LogP contribution in [-0.2, 0) is 4.74 Å². The Morgan fingerprint density at radius 3 is 2.58 bits per heavy atom. The largest absolute Gasteiger partial charge is 0.379 e. The number of hydrogen-bond acceptors (Lipinski definition) is 6. The molecule has 1 aliphatic carbocycles. The van der Waals surface area contributed by atoms with E-state index in [9.17, 15) is 0 Å². The molecule has 0 radical (unpaired) electrons. The number of nitrogens with one attached hydrogen (secondary N) is 1. The Hall–Kier alpha value is -4.07. The molecule has 3 aliphatic rings. The van der Waals surface area contributed by atoms with Gasteiger partial charge in [0.05, 0.1) is 65.1 Å². The van der Waals surface area contributed by atoms with E-state index in [-0.39, 0.29) is 0 Å². The van der Waals surface area contributed by atoms with Gasteiger partial charge in [0, 0.05) is 31.5 Å². The van der Waals surface area contributed by atoms with Gasteiger partial charge in [0.15, 0.2) is 0 Å². The molecule has 0 atom stereocenters. The summed E-state index contributed by atoms with van der Waals surface area (Å²) in [5, 5.41) is 4.43. The van der Waals surface area contributed by atoms with Crippen LogP contribution >= 0.6 is 0 Å². The van der Waals surface area contributed by atoms with Crippen LogP contribution < -0.4 is 10.7 Å². The zero-order valence-corrected chi connectivity index (χ0v) is 20.0. The molecule has 7 heteroatoms. The average Bonchev–Trinajstić information content (AvgIpc) is 2.94. The lowest BCUT2D eigenvalue weighted by Crippen LogP contribution is -2.38. The van der Waals surface area contributed by atoms with Crippen LogP contribution in [0.4, 0.5) is 11.4 Å². The topological polar surface area (TPSA) is 67.6 Å². The molecule has 0 saturated carbocycles. The van der Waals surface area contributed by atoms with Crippen LogP contribution in [0.15, 0.2) is 96.2 Å². The molecule has 1 N–H and O–H groups in total. The van der Waals surface area contributed by atoms with Crippen LogP contribution in [0, 0.1) is 0 Å². The van der Waals surface area contributed by atoms with Gasteiger partial charge in [0.25, 0.3) is 0 Å². The number of anilines is 2. The standard InChI is InChI=1S/C29H28N6O/c1-2-8-23(9-3-1)35-28-11-5-4-10-24(28)33-27-19-26(32-22-7-6-12-30-21-22)25(20-29(27)35)31-13-14-34-15-17-36-18-16-34/h1-12,19-21,32H,13-18H2/b31-25+. The predicted octanol–water partition coefficient (Wildman–Crippen LogP) is 4.50. The monoisotopic (exact) mass is 476 g/mol. The van der Waals surface area contributed by atoms with Gasteiger partial charge in [-0.2, -0.15) is 0 Å². The smallest absolute Gasteiger partial charge is 0.0900 e. The van der Waals surface area contributed by atoms with Gasteiger partial charge in [-0.1, -0.05) is 30.3 Å².